The van der Waals surface area contributed by atoms with Gasteiger partial charge in [-0.25, -0.2) is 9.59 Å². The molecule has 0 aliphatic rings. The van der Waals surface area contributed by atoms with Gasteiger partial charge in [0.2, 0.25) is 0 Å². The van der Waals surface area contributed by atoms with Crippen LogP contribution in [0.3, 0.4) is 0 Å². The largest absolute Gasteiger partial charge is 0.477 e. The Kier molecular flexibility index (Phi) is 7.01. The average molecular weight is 292 g/mol. The summed E-state index contributed by atoms with van der Waals surface area (Å²) < 4.78 is 5.14. The zero-order valence-corrected chi connectivity index (χ0v) is 12.0. The maximum atomic E-state index is 10.8. The van der Waals surface area contributed by atoms with E-state index in [1.165, 1.54) is 25.5 Å². The van der Waals surface area contributed by atoms with E-state index in [1.807, 2.05) is 12.2 Å². The lowest BCUT2D eigenvalue weighted by molar-refractivity contribution is -0.140. The van der Waals surface area contributed by atoms with E-state index in [4.69, 9.17) is 14.6 Å². The van der Waals surface area contributed by atoms with Crippen molar-refractivity contribution in [3.05, 3.63) is 35.3 Å². The van der Waals surface area contributed by atoms with Crippen LogP contribution in [0.5, 0.6) is 0 Å². The molecule has 1 heterocycles. The van der Waals surface area contributed by atoms with Crippen molar-refractivity contribution >= 4 is 24.1 Å². The molecule has 0 bridgehead atoms. The number of furan rings is 1. The summed E-state index contributed by atoms with van der Waals surface area (Å²) in [6.07, 6.45) is 11.9. The fraction of sp³-hybridized carbons (Fsp3) is 0.375. The first-order chi connectivity index (χ1) is 10.1. The van der Waals surface area contributed by atoms with E-state index < -0.39 is 17.5 Å². The predicted molar refractivity (Wildman–Crippen MR) is 79.7 cm³/mol. The van der Waals surface area contributed by atoms with Gasteiger partial charge in [0.05, 0.1) is 6.26 Å². The van der Waals surface area contributed by atoms with Crippen molar-refractivity contribution in [1.82, 2.24) is 0 Å². The van der Waals surface area contributed by atoms with E-state index in [0.29, 0.717) is 5.56 Å². The summed E-state index contributed by atoms with van der Waals surface area (Å²) >= 11 is 0. The SMILES string of the molecule is CCCCCC/C=C\c1ccoc1C=C(C(=O)O)C(=O)O. The number of allylic oxidation sites excluding steroid dienone is 1. The van der Waals surface area contributed by atoms with Crippen LogP contribution in [-0.2, 0) is 9.59 Å². The number of aliphatic carboxylic acids is 2. The van der Waals surface area contributed by atoms with Crippen molar-refractivity contribution in [3.8, 4) is 0 Å². The second-order valence-electron chi connectivity index (χ2n) is 4.66. The molecular weight excluding hydrogens is 272 g/mol. The van der Waals surface area contributed by atoms with Crippen molar-refractivity contribution in [2.75, 3.05) is 0 Å². The topological polar surface area (TPSA) is 87.7 Å². The van der Waals surface area contributed by atoms with Crippen LogP contribution >= 0.6 is 0 Å². The predicted octanol–water partition coefficient (Wildman–Crippen LogP) is 3.82. The second-order valence-corrected chi connectivity index (χ2v) is 4.66. The van der Waals surface area contributed by atoms with Gasteiger partial charge < -0.3 is 14.6 Å². The normalized spacial score (nSPS) is 10.7. The van der Waals surface area contributed by atoms with Gasteiger partial charge in [0.25, 0.3) is 0 Å². The van der Waals surface area contributed by atoms with Gasteiger partial charge in [-0.15, -0.1) is 0 Å². The van der Waals surface area contributed by atoms with Crippen molar-refractivity contribution in [1.29, 1.82) is 0 Å². The zero-order chi connectivity index (χ0) is 15.7. The quantitative estimate of drug-likeness (QED) is 0.313. The molecule has 0 fully saturated rings. The maximum absolute atomic E-state index is 10.8. The smallest absolute Gasteiger partial charge is 0.343 e. The molecule has 1 rings (SSSR count). The Labute approximate surface area is 123 Å². The molecule has 0 aliphatic carbocycles. The number of carbonyl (C=O) groups is 2. The Balaban J connectivity index is 2.73. The lowest BCUT2D eigenvalue weighted by Crippen LogP contribution is -2.10. The number of rotatable bonds is 9. The number of carboxylic acids is 2. The van der Waals surface area contributed by atoms with E-state index in [0.717, 1.165) is 18.9 Å². The summed E-state index contributed by atoms with van der Waals surface area (Å²) in [7, 11) is 0. The third-order valence-electron chi connectivity index (χ3n) is 2.99. The molecule has 0 spiro atoms. The highest BCUT2D eigenvalue weighted by atomic mass is 16.4. The number of hydrogen-bond donors (Lipinski definition) is 2. The van der Waals surface area contributed by atoms with E-state index in [2.05, 4.69) is 6.92 Å². The average Bonchev–Trinajstić information content (AvgIpc) is 2.86. The van der Waals surface area contributed by atoms with Crippen LogP contribution in [0.25, 0.3) is 12.2 Å². The van der Waals surface area contributed by atoms with E-state index >= 15 is 0 Å². The Morgan fingerprint density at radius 2 is 1.90 bits per heavy atom. The van der Waals surface area contributed by atoms with Crippen molar-refractivity contribution in [2.45, 2.75) is 39.0 Å². The maximum Gasteiger partial charge on any atom is 0.343 e. The highest BCUT2D eigenvalue weighted by Crippen LogP contribution is 2.17. The van der Waals surface area contributed by atoms with Gasteiger partial charge in [0.15, 0.2) is 0 Å². The summed E-state index contributed by atoms with van der Waals surface area (Å²) in [6, 6.07) is 1.68. The minimum absolute atomic E-state index is 0.236. The molecule has 114 valence electrons. The second kappa shape index (κ2) is 8.79. The van der Waals surface area contributed by atoms with Gasteiger partial charge >= 0.3 is 11.9 Å². The third-order valence-corrected chi connectivity index (χ3v) is 2.99. The summed E-state index contributed by atoms with van der Waals surface area (Å²) in [5.74, 6) is -2.75. The Morgan fingerprint density at radius 3 is 2.52 bits per heavy atom. The fourth-order valence-corrected chi connectivity index (χ4v) is 1.83. The highest BCUT2D eigenvalue weighted by Gasteiger charge is 2.17. The standard InChI is InChI=1S/C16H20O5/c1-2-3-4-5-6-7-8-12-9-10-21-14(12)11-13(15(17)18)16(19)20/h7-11H,2-6H2,1H3,(H,17,18)(H,19,20)/b8-7-. The highest BCUT2D eigenvalue weighted by molar-refractivity contribution is 6.16. The van der Waals surface area contributed by atoms with Gasteiger partial charge in [0, 0.05) is 11.6 Å². The lowest BCUT2D eigenvalue weighted by Gasteiger charge is -1.96. The number of hydrogen-bond acceptors (Lipinski definition) is 3. The van der Waals surface area contributed by atoms with Crippen LogP contribution in [0.2, 0.25) is 0 Å². The molecule has 0 unspecified atom stereocenters. The monoisotopic (exact) mass is 292 g/mol. The van der Waals surface area contributed by atoms with E-state index in [-0.39, 0.29) is 5.76 Å². The first-order valence-corrected chi connectivity index (χ1v) is 6.98. The van der Waals surface area contributed by atoms with Crippen molar-refractivity contribution in [2.24, 2.45) is 0 Å². The van der Waals surface area contributed by atoms with Gasteiger partial charge in [0.1, 0.15) is 11.3 Å². The van der Waals surface area contributed by atoms with Crippen LogP contribution < -0.4 is 0 Å². The zero-order valence-electron chi connectivity index (χ0n) is 12.0. The van der Waals surface area contributed by atoms with Crippen LogP contribution in [0.15, 0.2) is 28.4 Å². The van der Waals surface area contributed by atoms with Crippen LogP contribution in [-0.4, -0.2) is 22.2 Å². The minimum Gasteiger partial charge on any atom is -0.477 e. The molecular formula is C16H20O5. The molecule has 21 heavy (non-hydrogen) atoms. The summed E-state index contributed by atoms with van der Waals surface area (Å²) in [5.41, 5.74) is -0.0481. The van der Waals surface area contributed by atoms with Crippen molar-refractivity contribution < 1.29 is 24.2 Å². The molecule has 0 atom stereocenters. The molecule has 1 aromatic rings. The van der Waals surface area contributed by atoms with Gasteiger partial charge in [-0.05, 0) is 18.9 Å². The molecule has 5 heteroatoms. The van der Waals surface area contributed by atoms with Crippen molar-refractivity contribution in [3.63, 3.8) is 0 Å². The van der Waals surface area contributed by atoms with E-state index in [9.17, 15) is 9.59 Å². The molecule has 1 aromatic heterocycles. The van der Waals surface area contributed by atoms with Gasteiger partial charge in [-0.1, -0.05) is 38.3 Å². The Bertz CT molecular complexity index is 521. The van der Waals surface area contributed by atoms with E-state index in [1.54, 1.807) is 6.07 Å². The molecule has 0 aromatic carbocycles. The van der Waals surface area contributed by atoms with Gasteiger partial charge in [-0.3, -0.25) is 0 Å². The lowest BCUT2D eigenvalue weighted by atomic mass is 10.1. The first kappa shape index (κ1) is 16.8. The number of unbranched alkanes of at least 4 members (excludes halogenated alkanes) is 4. The van der Waals surface area contributed by atoms with Crippen LogP contribution in [0, 0.1) is 0 Å². The molecule has 0 amide bonds. The Hall–Kier alpha value is -2.30. The molecule has 2 N–H and O–H groups in total. The molecule has 0 radical (unpaired) electrons. The van der Waals surface area contributed by atoms with Crippen LogP contribution in [0.1, 0.15) is 50.4 Å². The molecule has 0 aliphatic heterocycles. The third kappa shape index (κ3) is 5.69. The summed E-state index contributed by atoms with van der Waals surface area (Å²) in [6.45, 7) is 2.16. The number of carboxylic acid groups (broad SMARTS) is 2. The molecule has 0 saturated carbocycles. The van der Waals surface area contributed by atoms with Gasteiger partial charge in [-0.2, -0.15) is 0 Å². The molecule has 0 saturated heterocycles. The minimum atomic E-state index is -1.49. The first-order valence-electron chi connectivity index (χ1n) is 6.98. The Morgan fingerprint density at radius 1 is 1.19 bits per heavy atom. The van der Waals surface area contributed by atoms with Crippen LogP contribution in [0.4, 0.5) is 0 Å². The fourth-order valence-electron chi connectivity index (χ4n) is 1.83. The summed E-state index contributed by atoms with van der Waals surface area (Å²) in [4.78, 5) is 21.7. The summed E-state index contributed by atoms with van der Waals surface area (Å²) in [5, 5.41) is 17.6. The molecule has 5 nitrogen and oxygen atoms in total.